The van der Waals surface area contributed by atoms with Crippen molar-refractivity contribution in [3.8, 4) is 11.5 Å². The van der Waals surface area contributed by atoms with Crippen molar-refractivity contribution in [2.24, 2.45) is 0 Å². The zero-order valence-corrected chi connectivity index (χ0v) is 22.5. The van der Waals surface area contributed by atoms with Gasteiger partial charge in [-0.05, 0) is 37.3 Å². The zero-order chi connectivity index (χ0) is 28.1. The molecule has 4 rings (SSSR count). The van der Waals surface area contributed by atoms with Gasteiger partial charge in [-0.1, -0.05) is 12.1 Å². The second-order valence-corrected chi connectivity index (χ2v) is 9.18. The van der Waals surface area contributed by atoms with Crippen molar-refractivity contribution in [1.29, 1.82) is 0 Å². The molecule has 0 spiro atoms. The number of carbonyl (C=O) groups is 3. The maximum absolute atomic E-state index is 13.3. The van der Waals surface area contributed by atoms with Gasteiger partial charge in [0.25, 0.3) is 5.91 Å². The number of hydrogen-bond donors (Lipinski definition) is 1. The lowest BCUT2D eigenvalue weighted by Gasteiger charge is -2.39. The number of esters is 1. The Hall–Kier alpha value is -4.12. The first-order valence-corrected chi connectivity index (χ1v) is 12.7. The van der Waals surface area contributed by atoms with Crippen LogP contribution in [0.1, 0.15) is 28.9 Å². The fourth-order valence-corrected chi connectivity index (χ4v) is 4.87. The van der Waals surface area contributed by atoms with Gasteiger partial charge < -0.3 is 24.4 Å². The van der Waals surface area contributed by atoms with Crippen LogP contribution >= 0.6 is 0 Å². The van der Waals surface area contributed by atoms with Crippen LogP contribution in [-0.2, 0) is 9.53 Å². The van der Waals surface area contributed by atoms with Crippen LogP contribution in [0.15, 0.2) is 53.7 Å². The summed E-state index contributed by atoms with van der Waals surface area (Å²) >= 11 is 0. The molecule has 0 bridgehead atoms. The Morgan fingerprint density at radius 3 is 2.33 bits per heavy atom. The number of benzene rings is 2. The minimum Gasteiger partial charge on any atom is -0.493 e. The molecule has 0 radical (unpaired) electrons. The van der Waals surface area contributed by atoms with Crippen molar-refractivity contribution in [1.82, 2.24) is 20.0 Å². The maximum Gasteiger partial charge on any atom is 0.338 e. The van der Waals surface area contributed by atoms with E-state index in [0.29, 0.717) is 66.6 Å². The van der Waals surface area contributed by atoms with Crippen LogP contribution in [0.25, 0.3) is 0 Å². The Bertz CT molecular complexity index is 1260. The van der Waals surface area contributed by atoms with Gasteiger partial charge in [-0.15, -0.1) is 0 Å². The number of carbonyl (C=O) groups excluding carboxylic acids is 3. The van der Waals surface area contributed by atoms with Crippen LogP contribution in [0.3, 0.4) is 0 Å². The first-order chi connectivity index (χ1) is 18.8. The first kappa shape index (κ1) is 27.9. The van der Waals surface area contributed by atoms with E-state index in [1.807, 2.05) is 0 Å². The number of nitrogens with one attached hydrogen (secondary N) is 1. The van der Waals surface area contributed by atoms with E-state index < -0.39 is 17.8 Å². The summed E-state index contributed by atoms with van der Waals surface area (Å²) in [5, 5.41) is 2.90. The largest absolute Gasteiger partial charge is 0.493 e. The molecule has 1 atom stereocenters. The molecule has 0 unspecified atom stereocenters. The molecule has 3 amide bonds. The highest BCUT2D eigenvalue weighted by Gasteiger charge is 2.39. The standard InChI is InChI=1S/C28H33FN4O6/c1-5-39-27(35)23-21(17-32-13-15-33(16-14-32)26(34)18-9-11-19(29)12-10-18)31(2)28(36)30-24(23)20-7-6-8-22(37-3)25(20)38-4/h6-12,24H,5,13-17H2,1-4H3,(H,30,36)/t24-/m0/s1. The van der Waals surface area contributed by atoms with Gasteiger partial charge in [0.15, 0.2) is 11.5 Å². The van der Waals surface area contributed by atoms with Gasteiger partial charge in [0.05, 0.1) is 32.4 Å². The predicted octanol–water partition coefficient (Wildman–Crippen LogP) is 2.81. The van der Waals surface area contributed by atoms with Gasteiger partial charge >= 0.3 is 12.0 Å². The summed E-state index contributed by atoms with van der Waals surface area (Å²) in [5.41, 5.74) is 1.80. The Labute approximate surface area is 226 Å². The van der Waals surface area contributed by atoms with E-state index in [-0.39, 0.29) is 18.5 Å². The van der Waals surface area contributed by atoms with Crippen molar-refractivity contribution >= 4 is 17.9 Å². The van der Waals surface area contributed by atoms with Gasteiger partial charge in [0.2, 0.25) is 0 Å². The molecule has 2 heterocycles. The second-order valence-electron chi connectivity index (χ2n) is 9.18. The topological polar surface area (TPSA) is 101 Å². The fourth-order valence-electron chi connectivity index (χ4n) is 4.87. The number of ether oxygens (including phenoxy) is 3. The summed E-state index contributed by atoms with van der Waals surface area (Å²) in [7, 11) is 4.62. The molecule has 2 aromatic carbocycles. The van der Waals surface area contributed by atoms with Gasteiger partial charge in [-0.2, -0.15) is 0 Å². The number of nitrogens with zero attached hydrogens (tertiary/aromatic N) is 3. The van der Waals surface area contributed by atoms with E-state index in [2.05, 4.69) is 10.2 Å². The number of rotatable bonds is 8. The lowest BCUT2D eigenvalue weighted by Crippen LogP contribution is -2.53. The van der Waals surface area contributed by atoms with E-state index in [4.69, 9.17) is 14.2 Å². The monoisotopic (exact) mass is 540 g/mol. The summed E-state index contributed by atoms with van der Waals surface area (Å²) in [6, 6.07) is 9.56. The van der Waals surface area contributed by atoms with Crippen molar-refractivity contribution in [3.63, 3.8) is 0 Å². The zero-order valence-electron chi connectivity index (χ0n) is 22.5. The van der Waals surface area contributed by atoms with Crippen LogP contribution < -0.4 is 14.8 Å². The maximum atomic E-state index is 13.3. The Balaban J connectivity index is 1.62. The third-order valence-electron chi connectivity index (χ3n) is 6.94. The minimum atomic E-state index is -0.825. The van der Waals surface area contributed by atoms with Gasteiger partial charge in [-0.25, -0.2) is 14.0 Å². The van der Waals surface area contributed by atoms with E-state index in [0.717, 1.165) is 0 Å². The van der Waals surface area contributed by atoms with Crippen LogP contribution in [0.4, 0.5) is 9.18 Å². The third kappa shape index (κ3) is 5.83. The van der Waals surface area contributed by atoms with Crippen molar-refractivity contribution < 1.29 is 33.0 Å². The molecule has 0 aromatic heterocycles. The number of para-hydroxylation sites is 1. The number of methoxy groups -OCH3 is 2. The molecule has 2 aliphatic heterocycles. The van der Waals surface area contributed by atoms with Gasteiger partial charge in [0.1, 0.15) is 5.82 Å². The van der Waals surface area contributed by atoms with E-state index in [1.54, 1.807) is 37.1 Å². The van der Waals surface area contributed by atoms with E-state index in [1.165, 1.54) is 43.4 Å². The highest BCUT2D eigenvalue weighted by Crippen LogP contribution is 2.40. The molecule has 208 valence electrons. The average Bonchev–Trinajstić information content (AvgIpc) is 2.95. The van der Waals surface area contributed by atoms with Crippen molar-refractivity contribution in [2.75, 3.05) is 60.6 Å². The third-order valence-corrected chi connectivity index (χ3v) is 6.94. The molecule has 39 heavy (non-hydrogen) atoms. The molecule has 0 saturated carbocycles. The Kier molecular flexibility index (Phi) is 8.70. The summed E-state index contributed by atoms with van der Waals surface area (Å²) in [6.07, 6.45) is 0. The fraction of sp³-hybridized carbons (Fsp3) is 0.393. The average molecular weight is 541 g/mol. The number of likely N-dealkylation sites (N-methyl/N-ethyl adjacent to an activating group) is 1. The molecule has 1 fully saturated rings. The molecule has 2 aromatic rings. The van der Waals surface area contributed by atoms with Crippen molar-refractivity contribution in [3.05, 3.63) is 70.7 Å². The minimum absolute atomic E-state index is 0.166. The van der Waals surface area contributed by atoms with Gasteiger partial charge in [-0.3, -0.25) is 14.6 Å². The number of hydrogen-bond acceptors (Lipinski definition) is 7. The van der Waals surface area contributed by atoms with E-state index in [9.17, 15) is 18.8 Å². The molecule has 1 saturated heterocycles. The Morgan fingerprint density at radius 1 is 1.03 bits per heavy atom. The number of halogens is 1. The number of piperazine rings is 1. The summed E-state index contributed by atoms with van der Waals surface area (Å²) in [4.78, 5) is 44.5. The molecular weight excluding hydrogens is 507 g/mol. The lowest BCUT2D eigenvalue weighted by molar-refractivity contribution is -0.139. The molecule has 1 N–H and O–H groups in total. The van der Waals surface area contributed by atoms with Crippen LogP contribution in [0.5, 0.6) is 11.5 Å². The molecule has 11 heteroatoms. The molecular formula is C28H33FN4O6. The Morgan fingerprint density at radius 2 is 1.72 bits per heavy atom. The molecule has 10 nitrogen and oxygen atoms in total. The van der Waals surface area contributed by atoms with Crippen LogP contribution in [0, 0.1) is 5.82 Å². The summed E-state index contributed by atoms with van der Waals surface area (Å²) in [5.74, 6) is -0.230. The smallest absolute Gasteiger partial charge is 0.338 e. The van der Waals surface area contributed by atoms with Crippen LogP contribution in [-0.4, -0.2) is 93.2 Å². The summed E-state index contributed by atoms with van der Waals surface area (Å²) in [6.45, 7) is 4.12. The molecule has 2 aliphatic rings. The quantitative estimate of drug-likeness (QED) is 0.514. The highest BCUT2D eigenvalue weighted by molar-refractivity contribution is 5.96. The number of amides is 3. The van der Waals surface area contributed by atoms with E-state index >= 15 is 0 Å². The molecule has 0 aliphatic carbocycles. The van der Waals surface area contributed by atoms with Crippen LogP contribution in [0.2, 0.25) is 0 Å². The summed E-state index contributed by atoms with van der Waals surface area (Å²) < 4.78 is 29.7. The highest BCUT2D eigenvalue weighted by atomic mass is 19.1. The second kappa shape index (κ2) is 12.2. The predicted molar refractivity (Wildman–Crippen MR) is 141 cm³/mol. The first-order valence-electron chi connectivity index (χ1n) is 12.7. The number of urea groups is 1. The normalized spacial score (nSPS) is 18.1. The van der Waals surface area contributed by atoms with Gasteiger partial charge in [0, 0.05) is 56.6 Å². The SMILES string of the molecule is CCOC(=O)C1=C(CN2CCN(C(=O)c3ccc(F)cc3)CC2)N(C)C(=O)N[C@H]1c1cccc(OC)c1OC. The lowest BCUT2D eigenvalue weighted by atomic mass is 9.93. The van der Waals surface area contributed by atoms with Crippen molar-refractivity contribution in [2.45, 2.75) is 13.0 Å².